The first-order chi connectivity index (χ1) is 10.6. The van der Waals surface area contributed by atoms with Crippen LogP contribution in [-0.2, 0) is 6.42 Å². The van der Waals surface area contributed by atoms with Crippen molar-refractivity contribution < 1.29 is 8.78 Å². The van der Waals surface area contributed by atoms with Crippen LogP contribution in [0.25, 0.3) is 16.8 Å². The van der Waals surface area contributed by atoms with Gasteiger partial charge in [-0.3, -0.25) is 9.20 Å². The summed E-state index contributed by atoms with van der Waals surface area (Å²) in [5.74, 6) is -1.01. The third-order valence-corrected chi connectivity index (χ3v) is 3.36. The molecule has 0 atom stereocenters. The quantitative estimate of drug-likeness (QED) is 0.806. The Kier molecular flexibility index (Phi) is 3.68. The summed E-state index contributed by atoms with van der Waals surface area (Å²) in [6.07, 6.45) is 1.44. The summed E-state index contributed by atoms with van der Waals surface area (Å²) in [6.45, 7) is 0.298. The SMILES string of the molecule is NCCc1nc2ccc(F)cn2c(=O)c1-c1cccc(F)c1. The minimum Gasteiger partial charge on any atom is -0.330 e. The standard InChI is InChI=1S/C16H13F2N3O/c17-11-3-1-2-10(8-11)15-13(6-7-19)20-14-5-4-12(18)9-21(14)16(15)22/h1-5,8-9H,6-7,19H2. The number of aromatic nitrogens is 2. The smallest absolute Gasteiger partial charge is 0.266 e. The first-order valence-electron chi connectivity index (χ1n) is 6.77. The number of pyridine rings is 1. The second kappa shape index (κ2) is 5.65. The minimum absolute atomic E-state index is 0.244. The molecule has 2 heterocycles. The maximum Gasteiger partial charge on any atom is 0.266 e. The van der Waals surface area contributed by atoms with Gasteiger partial charge in [-0.2, -0.15) is 0 Å². The fourth-order valence-electron chi connectivity index (χ4n) is 2.41. The number of nitrogens with two attached hydrogens (primary N) is 1. The van der Waals surface area contributed by atoms with Crippen molar-refractivity contribution in [1.29, 1.82) is 0 Å². The Balaban J connectivity index is 2.37. The Morgan fingerprint density at radius 1 is 1.14 bits per heavy atom. The summed E-state index contributed by atoms with van der Waals surface area (Å²) < 4.78 is 28.0. The number of halogens is 2. The van der Waals surface area contributed by atoms with E-state index in [-0.39, 0.29) is 5.56 Å². The normalized spacial score (nSPS) is 11.0. The molecule has 1 aromatic carbocycles. The first kappa shape index (κ1) is 14.3. The van der Waals surface area contributed by atoms with Crippen molar-refractivity contribution in [2.75, 3.05) is 6.54 Å². The molecule has 0 aliphatic rings. The molecule has 3 rings (SSSR count). The molecule has 0 bridgehead atoms. The van der Waals surface area contributed by atoms with Gasteiger partial charge in [0.2, 0.25) is 0 Å². The number of hydrogen-bond donors (Lipinski definition) is 1. The summed E-state index contributed by atoms with van der Waals surface area (Å²) in [6, 6.07) is 8.33. The van der Waals surface area contributed by atoms with E-state index in [9.17, 15) is 13.6 Å². The molecule has 6 heteroatoms. The maximum absolute atomic E-state index is 13.5. The topological polar surface area (TPSA) is 60.4 Å². The predicted molar refractivity (Wildman–Crippen MR) is 79.6 cm³/mol. The monoisotopic (exact) mass is 301 g/mol. The average Bonchev–Trinajstić information content (AvgIpc) is 2.49. The van der Waals surface area contributed by atoms with Gasteiger partial charge < -0.3 is 5.73 Å². The lowest BCUT2D eigenvalue weighted by atomic mass is 10.0. The molecule has 2 N–H and O–H groups in total. The molecule has 22 heavy (non-hydrogen) atoms. The van der Waals surface area contributed by atoms with Crippen molar-refractivity contribution in [1.82, 2.24) is 9.38 Å². The fraction of sp³-hybridized carbons (Fsp3) is 0.125. The highest BCUT2D eigenvalue weighted by Gasteiger charge is 2.15. The number of nitrogens with zero attached hydrogens (tertiary/aromatic N) is 2. The second-order valence-electron chi connectivity index (χ2n) is 4.86. The zero-order chi connectivity index (χ0) is 15.7. The molecular weight excluding hydrogens is 288 g/mol. The molecule has 0 aliphatic heterocycles. The van der Waals surface area contributed by atoms with E-state index >= 15 is 0 Å². The van der Waals surface area contributed by atoms with Gasteiger partial charge in [-0.15, -0.1) is 0 Å². The van der Waals surface area contributed by atoms with Crippen molar-refractivity contribution in [2.24, 2.45) is 5.73 Å². The molecule has 0 amide bonds. The predicted octanol–water partition coefficient (Wildman–Crippen LogP) is 2.14. The summed E-state index contributed by atoms with van der Waals surface area (Å²) in [5, 5.41) is 0. The Hall–Kier alpha value is -2.60. The van der Waals surface area contributed by atoms with E-state index in [2.05, 4.69) is 4.98 Å². The van der Waals surface area contributed by atoms with Gasteiger partial charge in [-0.1, -0.05) is 12.1 Å². The fourth-order valence-corrected chi connectivity index (χ4v) is 2.41. The van der Waals surface area contributed by atoms with Gasteiger partial charge in [0.25, 0.3) is 5.56 Å². The van der Waals surface area contributed by atoms with E-state index in [1.165, 1.54) is 30.3 Å². The molecule has 0 fully saturated rings. The van der Waals surface area contributed by atoms with E-state index in [0.717, 1.165) is 10.6 Å². The van der Waals surface area contributed by atoms with Crippen LogP contribution in [0.2, 0.25) is 0 Å². The van der Waals surface area contributed by atoms with Crippen LogP contribution in [0.3, 0.4) is 0 Å². The third-order valence-electron chi connectivity index (χ3n) is 3.36. The molecular formula is C16H13F2N3O. The summed E-state index contributed by atoms with van der Waals surface area (Å²) >= 11 is 0. The molecule has 4 nitrogen and oxygen atoms in total. The number of benzene rings is 1. The Morgan fingerprint density at radius 3 is 2.68 bits per heavy atom. The Bertz CT molecular complexity index is 906. The molecule has 0 saturated carbocycles. The lowest BCUT2D eigenvalue weighted by Crippen LogP contribution is -2.21. The first-order valence-corrected chi connectivity index (χ1v) is 6.77. The number of fused-ring (bicyclic) bond motifs is 1. The van der Waals surface area contributed by atoms with Crippen LogP contribution in [0.5, 0.6) is 0 Å². The zero-order valence-electron chi connectivity index (χ0n) is 11.6. The van der Waals surface area contributed by atoms with Crippen molar-refractivity contribution in [3.8, 4) is 11.1 Å². The van der Waals surface area contributed by atoms with E-state index in [1.807, 2.05) is 0 Å². The van der Waals surface area contributed by atoms with E-state index in [4.69, 9.17) is 5.73 Å². The van der Waals surface area contributed by atoms with E-state index < -0.39 is 17.2 Å². The lowest BCUT2D eigenvalue weighted by molar-refractivity contribution is 0.617. The molecule has 0 aliphatic carbocycles. The molecule has 2 aromatic heterocycles. The van der Waals surface area contributed by atoms with Crippen LogP contribution in [-0.4, -0.2) is 15.9 Å². The molecule has 0 unspecified atom stereocenters. The van der Waals surface area contributed by atoms with Crippen LogP contribution < -0.4 is 11.3 Å². The van der Waals surface area contributed by atoms with Gasteiger partial charge >= 0.3 is 0 Å². The lowest BCUT2D eigenvalue weighted by Gasteiger charge is -2.10. The maximum atomic E-state index is 13.5. The summed E-state index contributed by atoms with van der Waals surface area (Å²) in [7, 11) is 0. The van der Waals surface area contributed by atoms with Gasteiger partial charge in [0, 0.05) is 12.6 Å². The molecule has 0 saturated heterocycles. The molecule has 3 aromatic rings. The summed E-state index contributed by atoms with van der Waals surface area (Å²) in [4.78, 5) is 17.0. The van der Waals surface area contributed by atoms with Crippen molar-refractivity contribution in [3.63, 3.8) is 0 Å². The van der Waals surface area contributed by atoms with Crippen LogP contribution in [0.15, 0.2) is 47.4 Å². The summed E-state index contributed by atoms with van der Waals surface area (Å²) in [5.41, 5.74) is 6.58. The molecule has 112 valence electrons. The van der Waals surface area contributed by atoms with Crippen LogP contribution >= 0.6 is 0 Å². The van der Waals surface area contributed by atoms with Gasteiger partial charge in [-0.25, -0.2) is 13.8 Å². The minimum atomic E-state index is -0.548. The van der Waals surface area contributed by atoms with Gasteiger partial charge in [0.1, 0.15) is 17.3 Å². The van der Waals surface area contributed by atoms with Crippen LogP contribution in [0.4, 0.5) is 8.78 Å². The second-order valence-corrected chi connectivity index (χ2v) is 4.86. The number of rotatable bonds is 3. The van der Waals surface area contributed by atoms with Crippen LogP contribution in [0, 0.1) is 11.6 Å². The average molecular weight is 301 g/mol. The van der Waals surface area contributed by atoms with Gasteiger partial charge in [-0.05, 0) is 36.4 Å². The largest absolute Gasteiger partial charge is 0.330 e. The Morgan fingerprint density at radius 2 is 1.95 bits per heavy atom. The highest BCUT2D eigenvalue weighted by Crippen LogP contribution is 2.21. The highest BCUT2D eigenvalue weighted by molar-refractivity contribution is 5.66. The molecule has 0 radical (unpaired) electrons. The zero-order valence-corrected chi connectivity index (χ0v) is 11.6. The third kappa shape index (κ3) is 2.48. The van der Waals surface area contributed by atoms with Crippen molar-refractivity contribution in [3.05, 3.63) is 70.3 Å². The Labute approximate surface area is 124 Å². The molecule has 0 spiro atoms. The van der Waals surface area contributed by atoms with E-state index in [0.29, 0.717) is 29.9 Å². The van der Waals surface area contributed by atoms with Crippen LogP contribution in [0.1, 0.15) is 5.69 Å². The van der Waals surface area contributed by atoms with Gasteiger partial charge in [0.05, 0.1) is 11.3 Å². The van der Waals surface area contributed by atoms with Gasteiger partial charge in [0.15, 0.2) is 0 Å². The highest BCUT2D eigenvalue weighted by atomic mass is 19.1. The van der Waals surface area contributed by atoms with E-state index in [1.54, 1.807) is 6.07 Å². The number of hydrogen-bond acceptors (Lipinski definition) is 3. The van der Waals surface area contributed by atoms with Crippen molar-refractivity contribution >= 4 is 5.65 Å². The van der Waals surface area contributed by atoms with Crippen molar-refractivity contribution in [2.45, 2.75) is 6.42 Å².